The van der Waals surface area contributed by atoms with Crippen LogP contribution in [-0.4, -0.2) is 0 Å². The van der Waals surface area contributed by atoms with Gasteiger partial charge in [-0.2, -0.15) is 0 Å². The average Bonchev–Trinajstić information content (AvgIpc) is 1.41. The van der Waals surface area contributed by atoms with Crippen LogP contribution < -0.4 is 0 Å². The monoisotopic (exact) mass is 176 g/mol. The van der Waals surface area contributed by atoms with E-state index in [1.807, 2.05) is 0 Å². The quantitative estimate of drug-likeness (QED) is 0.545. The summed E-state index contributed by atoms with van der Waals surface area (Å²) < 4.78 is 22.8. The number of hydrogen-bond donors (Lipinski definition) is 0. The first-order valence-corrected chi connectivity index (χ1v) is 6.00. The fraction of sp³-hybridized carbons (Fsp3) is 0. The molecular weight excluding hydrogens is 179 g/mol. The van der Waals surface area contributed by atoms with Crippen LogP contribution in [0.3, 0.4) is 0 Å². The topological polar surface area (TPSA) is 43.4 Å². The van der Waals surface area contributed by atoms with Gasteiger partial charge in [-0.25, -0.2) is 0 Å². The third-order valence-electron chi connectivity index (χ3n) is 0.167. The van der Waals surface area contributed by atoms with E-state index in [0.29, 0.717) is 0 Å². The zero-order valence-electron chi connectivity index (χ0n) is 2.64. The molecule has 0 aromatic carbocycles. The van der Waals surface area contributed by atoms with Crippen molar-refractivity contribution in [3.05, 3.63) is 0 Å². The molecule has 0 fully saturated rings. The van der Waals surface area contributed by atoms with E-state index in [4.69, 9.17) is 0 Å². The molecule has 3 nitrogen and oxygen atoms in total. The molecule has 0 rings (SSSR count). The minimum absolute atomic E-state index is 1.89. The van der Waals surface area contributed by atoms with Crippen molar-refractivity contribution in [1.29, 1.82) is 0 Å². The second-order valence-electron chi connectivity index (χ2n) is 0.440. The molecule has 5 heteroatoms. The van der Waals surface area contributed by atoms with Gasteiger partial charge in [0.05, 0.1) is 0 Å². The van der Waals surface area contributed by atoms with Crippen molar-refractivity contribution in [3.63, 3.8) is 0 Å². The van der Waals surface area contributed by atoms with E-state index in [-0.39, 0.29) is 0 Å². The molecule has 0 saturated heterocycles. The van der Waals surface area contributed by atoms with Crippen molar-refractivity contribution in [3.8, 4) is 0 Å². The van der Waals surface area contributed by atoms with Gasteiger partial charge in [0.1, 0.15) is 0 Å². The summed E-state index contributed by atoms with van der Waals surface area (Å²) in [6, 6.07) is 0. The Labute approximate surface area is 44.6 Å². The van der Waals surface area contributed by atoms with Gasteiger partial charge in [0.15, 0.2) is 0 Å². The fourth-order valence-corrected chi connectivity index (χ4v) is 0.919. The van der Waals surface area contributed by atoms with Gasteiger partial charge in [0, 0.05) is 0 Å². The van der Waals surface area contributed by atoms with Gasteiger partial charge < -0.3 is 0 Å². The van der Waals surface area contributed by atoms with Crippen LogP contribution in [-0.2, 0) is 44.4 Å². The zero-order valence-corrected chi connectivity index (χ0v) is 8.57. The summed E-state index contributed by atoms with van der Waals surface area (Å²) >= 11 is -3.78. The Morgan fingerprint density at radius 3 is 1.60 bits per heavy atom. The fourth-order valence-electron chi connectivity index (χ4n) is 0.0340. The van der Waals surface area contributed by atoms with Gasteiger partial charge in [-0.1, -0.05) is 0 Å². The Morgan fingerprint density at radius 2 is 1.60 bits per heavy atom. The van der Waals surface area contributed by atoms with E-state index in [1.165, 1.54) is 0 Å². The molecule has 0 heterocycles. The molecule has 22 valence electrons. The number of hydrogen-bond acceptors (Lipinski definition) is 3. The summed E-state index contributed by atoms with van der Waals surface area (Å²) in [6.07, 6.45) is 0. The summed E-state index contributed by atoms with van der Waals surface area (Å²) in [5.41, 5.74) is 0. The standard InChI is InChI=1S/3O.2Zn. The maximum absolute atomic E-state index is 9.34. The Hall–Kier alpha value is 0.807. The Morgan fingerprint density at radius 1 is 1.20 bits per heavy atom. The van der Waals surface area contributed by atoms with Gasteiger partial charge in [-0.3, -0.25) is 0 Å². The van der Waals surface area contributed by atoms with Gasteiger partial charge in [0.2, 0.25) is 0 Å². The molecule has 0 radical (unpaired) electrons. The molecule has 0 aromatic rings. The predicted molar refractivity (Wildman–Crippen MR) is 2.46 cm³/mol. The van der Waals surface area contributed by atoms with Gasteiger partial charge in [-0.15, -0.1) is 0 Å². The summed E-state index contributed by atoms with van der Waals surface area (Å²) in [5, 5.41) is 0. The van der Waals surface area contributed by atoms with E-state index in [9.17, 15) is 7.15 Å². The zero-order chi connectivity index (χ0) is 4.12. The van der Waals surface area contributed by atoms with E-state index >= 15 is 0 Å². The average molecular weight is 179 g/mol. The third kappa shape index (κ3) is 4.81. The molecule has 0 atom stereocenters. The van der Waals surface area contributed by atoms with E-state index < -0.39 is 34.9 Å². The first-order chi connectivity index (χ1) is 2.41. The van der Waals surface area contributed by atoms with Crippen LogP contribution in [0.5, 0.6) is 0 Å². The Balaban J connectivity index is 2.65. The molecule has 0 unspecified atom stereocenters. The van der Waals surface area contributed by atoms with Crippen molar-refractivity contribution in [1.82, 2.24) is 0 Å². The van der Waals surface area contributed by atoms with Crippen LogP contribution in [0.1, 0.15) is 0 Å². The molecule has 0 aliphatic rings. The molecule has 0 amide bonds. The van der Waals surface area contributed by atoms with Gasteiger partial charge >= 0.3 is 44.4 Å². The van der Waals surface area contributed by atoms with Crippen LogP contribution in [0.4, 0.5) is 0 Å². The number of rotatable bonds is 2. The van der Waals surface area contributed by atoms with Crippen molar-refractivity contribution in [2.24, 2.45) is 0 Å². The third-order valence-corrected chi connectivity index (χ3v) is 4.50. The van der Waals surface area contributed by atoms with Crippen molar-refractivity contribution >= 4 is 0 Å². The van der Waals surface area contributed by atoms with E-state index in [0.717, 1.165) is 0 Å². The van der Waals surface area contributed by atoms with Crippen LogP contribution in [0, 0.1) is 0 Å². The van der Waals surface area contributed by atoms with Gasteiger partial charge in [0.25, 0.3) is 0 Å². The molecule has 0 aliphatic heterocycles. The van der Waals surface area contributed by atoms with Crippen molar-refractivity contribution in [2.75, 3.05) is 0 Å². The summed E-state index contributed by atoms with van der Waals surface area (Å²) in [6.45, 7) is 0. The minimum atomic E-state index is -1.89. The molecule has 0 N–H and O–H groups in total. The maximum atomic E-state index is 9.34. The van der Waals surface area contributed by atoms with Crippen LogP contribution in [0.25, 0.3) is 0 Å². The molecule has 5 heavy (non-hydrogen) atoms. The van der Waals surface area contributed by atoms with E-state index in [1.54, 1.807) is 0 Å². The van der Waals surface area contributed by atoms with E-state index in [2.05, 4.69) is 2.39 Å². The summed E-state index contributed by atoms with van der Waals surface area (Å²) in [5.74, 6) is 0. The van der Waals surface area contributed by atoms with Gasteiger partial charge in [-0.05, 0) is 0 Å². The molecule has 0 aliphatic carbocycles. The molecule has 0 bridgehead atoms. The second kappa shape index (κ2) is 4.81. The predicted octanol–water partition coefficient (Wildman–Crippen LogP) is -0.311. The second-order valence-corrected chi connectivity index (χ2v) is 6.74. The van der Waals surface area contributed by atoms with Crippen LogP contribution in [0.15, 0.2) is 0 Å². The Kier molecular flexibility index (Phi) is 5.58. The van der Waals surface area contributed by atoms with Crippen LogP contribution in [0.2, 0.25) is 0 Å². The van der Waals surface area contributed by atoms with Crippen molar-refractivity contribution in [2.45, 2.75) is 0 Å². The summed E-state index contributed by atoms with van der Waals surface area (Å²) in [4.78, 5) is 0. The molecular formula is O3Zn2. The molecule has 0 aromatic heterocycles. The Bertz CT molecular complexity index is 34.2. The SMILES string of the molecule is [O]=[Zn][O][Zn]=[O]. The molecule has 0 saturated carbocycles. The normalized spacial score (nSPS) is 4.80. The molecule has 0 spiro atoms. The van der Waals surface area contributed by atoms with Crippen molar-refractivity contribution < 1.29 is 44.4 Å². The summed E-state index contributed by atoms with van der Waals surface area (Å²) in [7, 11) is 0. The van der Waals surface area contributed by atoms with Crippen LogP contribution >= 0.6 is 0 Å². The first kappa shape index (κ1) is 5.81. The first-order valence-electron chi connectivity index (χ1n) is 1.15.